The molecule has 8 aromatic rings. The summed E-state index contributed by atoms with van der Waals surface area (Å²) in [5, 5.41) is 17.4. The summed E-state index contributed by atoms with van der Waals surface area (Å²) in [5.74, 6) is 4.96. The highest BCUT2D eigenvalue weighted by Crippen LogP contribution is 2.45. The number of benzene rings is 4. The number of fused-ring (bicyclic) bond motifs is 10. The molecule has 2 fully saturated rings. The molecule has 0 unspecified atom stereocenters. The van der Waals surface area contributed by atoms with Gasteiger partial charge >= 0.3 is 0 Å². The summed E-state index contributed by atoms with van der Waals surface area (Å²) < 4.78 is 31.3. The van der Waals surface area contributed by atoms with E-state index in [0.29, 0.717) is 42.7 Å². The maximum atomic E-state index is 13.6. The number of aromatic nitrogens is 6. The van der Waals surface area contributed by atoms with E-state index in [2.05, 4.69) is 95.6 Å². The topological polar surface area (TPSA) is 123 Å². The Bertz CT molecular complexity index is 3470. The van der Waals surface area contributed by atoms with Gasteiger partial charge in [0.05, 0.1) is 54.9 Å². The molecule has 4 aromatic heterocycles. The molecule has 4 aliphatic heterocycles. The summed E-state index contributed by atoms with van der Waals surface area (Å²) in [6, 6.07) is 39.3. The molecule has 376 valence electrons. The van der Waals surface area contributed by atoms with Crippen molar-refractivity contribution >= 4 is 63.8 Å². The Hall–Kier alpha value is -8.31. The highest BCUT2D eigenvalue weighted by Gasteiger charge is 2.49. The van der Waals surface area contributed by atoms with E-state index in [1.807, 2.05) is 53.3 Å². The van der Waals surface area contributed by atoms with Crippen LogP contribution in [0, 0.1) is 11.6 Å². The summed E-state index contributed by atoms with van der Waals surface area (Å²) in [6.07, 6.45) is 14.0. The van der Waals surface area contributed by atoms with Crippen LogP contribution < -0.4 is 20.4 Å². The molecule has 8 heterocycles. The largest absolute Gasteiger partial charge is 0.341 e. The molecule has 2 aliphatic carbocycles. The van der Waals surface area contributed by atoms with Gasteiger partial charge in [0.1, 0.15) is 28.3 Å². The van der Waals surface area contributed by atoms with Crippen LogP contribution in [-0.4, -0.2) is 94.5 Å². The lowest BCUT2D eigenvalue weighted by molar-refractivity contribution is 0.475. The molecule has 0 spiro atoms. The maximum absolute atomic E-state index is 13.6. The van der Waals surface area contributed by atoms with Gasteiger partial charge in [-0.15, -0.1) is 0 Å². The SMILES string of the molecule is CN1C(=S)c2c(nn(Cc3ccc(-c4ccncc4)cc3)c2Nc2ccc(F)cc2)N2C1=N[C@@H]1CCC[C@@H]12.CN1Cc2c(nn(Cc3ccc(-c4ccncc4)cc3)c2Nc2ccc(F)cc2)N2C1=N[C@@H]1CCC[C@@H]12. The van der Waals surface area contributed by atoms with Crippen LogP contribution in [0.15, 0.2) is 156 Å². The minimum Gasteiger partial charge on any atom is -0.341 e. The summed E-state index contributed by atoms with van der Waals surface area (Å²) in [4.78, 5) is 27.9. The number of nitrogens with one attached hydrogen (secondary N) is 2. The molecule has 0 bridgehead atoms. The van der Waals surface area contributed by atoms with Gasteiger partial charge in [0.25, 0.3) is 0 Å². The van der Waals surface area contributed by atoms with Gasteiger partial charge in [-0.2, -0.15) is 10.2 Å². The number of rotatable bonds is 10. The lowest BCUT2D eigenvalue weighted by atomic mass is 10.1. The molecule has 4 aromatic carbocycles. The summed E-state index contributed by atoms with van der Waals surface area (Å²) in [6.45, 7) is 1.88. The average Bonchev–Trinajstić information content (AvgIpc) is 4.36. The first-order valence-corrected chi connectivity index (χ1v) is 26.1. The highest BCUT2D eigenvalue weighted by molar-refractivity contribution is 7.80. The van der Waals surface area contributed by atoms with Crippen molar-refractivity contribution in [1.82, 2.24) is 39.3 Å². The molecule has 0 amide bonds. The van der Waals surface area contributed by atoms with Gasteiger partial charge in [-0.3, -0.25) is 19.8 Å². The Balaban J connectivity index is 0.000000144. The van der Waals surface area contributed by atoms with Crippen LogP contribution in [0.25, 0.3) is 22.3 Å². The van der Waals surface area contributed by atoms with Crippen molar-refractivity contribution in [3.63, 3.8) is 0 Å². The molecule has 6 aliphatic rings. The minimum absolute atomic E-state index is 0.250. The zero-order chi connectivity index (χ0) is 50.7. The van der Waals surface area contributed by atoms with E-state index < -0.39 is 0 Å². The van der Waals surface area contributed by atoms with E-state index in [-0.39, 0.29) is 17.7 Å². The molecule has 4 atom stereocenters. The second-order valence-electron chi connectivity index (χ2n) is 20.1. The fraction of sp³-hybridized carbons (Fsp3) is 0.259. The van der Waals surface area contributed by atoms with Gasteiger partial charge < -0.3 is 20.4 Å². The van der Waals surface area contributed by atoms with E-state index in [1.165, 1.54) is 30.7 Å². The maximum Gasteiger partial charge on any atom is 0.208 e. The molecule has 75 heavy (non-hydrogen) atoms. The van der Waals surface area contributed by atoms with Crippen molar-refractivity contribution in [2.75, 3.05) is 34.5 Å². The summed E-state index contributed by atoms with van der Waals surface area (Å²) in [5.41, 5.74) is 10.5. The lowest BCUT2D eigenvalue weighted by Crippen LogP contribution is -2.51. The van der Waals surface area contributed by atoms with Gasteiger partial charge in [-0.05, 0) is 145 Å². The Kier molecular flexibility index (Phi) is 11.9. The minimum atomic E-state index is -0.277. The van der Waals surface area contributed by atoms with E-state index in [9.17, 15) is 8.78 Å². The Labute approximate surface area is 439 Å². The second-order valence-corrected chi connectivity index (χ2v) is 20.5. The first-order valence-electron chi connectivity index (χ1n) is 25.7. The van der Waals surface area contributed by atoms with Crippen LogP contribution in [0.3, 0.4) is 0 Å². The zero-order valence-corrected chi connectivity index (χ0v) is 42.4. The quantitative estimate of drug-likeness (QED) is 0.127. The predicted molar refractivity (Wildman–Crippen MR) is 295 cm³/mol. The first kappa shape index (κ1) is 46.5. The van der Waals surface area contributed by atoms with Gasteiger partial charge in [0.2, 0.25) is 11.9 Å². The van der Waals surface area contributed by atoms with Crippen LogP contribution in [-0.2, 0) is 19.6 Å². The number of hydrogen-bond acceptors (Lipinski definition) is 12. The zero-order valence-electron chi connectivity index (χ0n) is 41.6. The number of pyridine rings is 2. The molecule has 17 heteroatoms. The Morgan fingerprint density at radius 2 is 0.987 bits per heavy atom. The molecule has 14 nitrogen and oxygen atoms in total. The number of nitrogens with zero attached hydrogens (tertiary/aromatic N) is 12. The van der Waals surface area contributed by atoms with Gasteiger partial charge in [-0.1, -0.05) is 60.7 Å². The van der Waals surface area contributed by atoms with E-state index in [0.717, 1.165) is 123 Å². The second kappa shape index (κ2) is 19.2. The van der Waals surface area contributed by atoms with Crippen LogP contribution in [0.2, 0.25) is 0 Å². The molecule has 2 saturated carbocycles. The lowest BCUT2D eigenvalue weighted by Gasteiger charge is -2.35. The van der Waals surface area contributed by atoms with Crippen molar-refractivity contribution in [1.29, 1.82) is 0 Å². The Morgan fingerprint density at radius 3 is 1.52 bits per heavy atom. The molecule has 14 rings (SSSR count). The number of anilines is 6. The average molecular weight is 1020 g/mol. The van der Waals surface area contributed by atoms with Crippen molar-refractivity contribution in [2.24, 2.45) is 9.98 Å². The number of halogens is 2. The van der Waals surface area contributed by atoms with Crippen LogP contribution in [0.1, 0.15) is 60.8 Å². The van der Waals surface area contributed by atoms with Crippen molar-refractivity contribution in [3.8, 4) is 22.3 Å². The monoisotopic (exact) mass is 1020 g/mol. The molecular weight excluding hydrogens is 963 g/mol. The number of thiocarbonyl (C=S) groups is 1. The molecule has 2 N–H and O–H groups in total. The summed E-state index contributed by atoms with van der Waals surface area (Å²) >= 11 is 5.97. The smallest absolute Gasteiger partial charge is 0.208 e. The van der Waals surface area contributed by atoms with Gasteiger partial charge in [0.15, 0.2) is 11.6 Å². The summed E-state index contributed by atoms with van der Waals surface area (Å²) in [7, 11) is 4.08. The molecule has 0 saturated heterocycles. The third-order valence-corrected chi connectivity index (χ3v) is 15.8. The third kappa shape index (κ3) is 8.63. The van der Waals surface area contributed by atoms with E-state index in [4.69, 9.17) is 32.4 Å². The number of hydrogen-bond donors (Lipinski definition) is 2. The standard InChI is InChI=1S/C29H26FN7S.C29H28FN7/c1-35-28(38)25-26(32-22-11-9-21(30)10-12-22)36(34-27(25)37-24-4-2-3-23(24)33-29(35)37)17-18-5-7-19(8-6-18)20-13-15-31-16-14-20;1-35-18-24-27(32-23-11-9-22(30)10-12-23)36(34-28(24)37-26-4-2-3-25(26)33-29(35)37)17-19-5-7-20(8-6-19)21-13-15-31-16-14-21/h5-16,23-24,32H,2-4,17H2,1H3;5-16,25-26,32H,2-4,17-18H2,1H3/t23-,24+;25-,26+/m11/s1. The van der Waals surface area contributed by atoms with Crippen molar-refractivity contribution in [3.05, 3.63) is 180 Å². The van der Waals surface area contributed by atoms with Crippen LogP contribution >= 0.6 is 12.2 Å². The van der Waals surface area contributed by atoms with Gasteiger partial charge in [0, 0.05) is 50.3 Å². The third-order valence-electron chi connectivity index (χ3n) is 15.3. The van der Waals surface area contributed by atoms with E-state index >= 15 is 0 Å². The normalized spacial score (nSPS) is 19.8. The highest BCUT2D eigenvalue weighted by atomic mass is 32.1. The number of guanidine groups is 2. The fourth-order valence-electron chi connectivity index (χ4n) is 11.6. The van der Waals surface area contributed by atoms with Crippen molar-refractivity contribution < 1.29 is 8.78 Å². The predicted octanol–water partition coefficient (Wildman–Crippen LogP) is 11.0. The molecular formula is C58H54F2N14S. The Morgan fingerprint density at radius 1 is 0.533 bits per heavy atom. The van der Waals surface area contributed by atoms with E-state index in [1.54, 1.807) is 36.7 Å². The number of aliphatic imine (C=N–C) groups is 2. The van der Waals surface area contributed by atoms with Crippen LogP contribution in [0.5, 0.6) is 0 Å². The van der Waals surface area contributed by atoms with Gasteiger partial charge in [-0.25, -0.2) is 28.1 Å². The fourth-order valence-corrected chi connectivity index (χ4v) is 11.8. The first-order chi connectivity index (χ1) is 36.7. The van der Waals surface area contributed by atoms with Crippen molar-refractivity contribution in [2.45, 2.75) is 82.3 Å². The van der Waals surface area contributed by atoms with Crippen LogP contribution in [0.4, 0.5) is 43.4 Å². The molecule has 0 radical (unpaired) electrons.